The molecule has 20 heavy (non-hydrogen) atoms. The third kappa shape index (κ3) is 2.13. The van der Waals surface area contributed by atoms with E-state index in [1.165, 1.54) is 0 Å². The zero-order valence-electron chi connectivity index (χ0n) is 11.0. The minimum Gasteiger partial charge on any atom is -0.390 e. The molecule has 1 N–H and O–H groups in total. The van der Waals surface area contributed by atoms with Crippen molar-refractivity contribution in [1.82, 2.24) is 4.90 Å². The largest absolute Gasteiger partial charge is 0.390 e. The van der Waals surface area contributed by atoms with Crippen molar-refractivity contribution in [3.8, 4) is 0 Å². The van der Waals surface area contributed by atoms with Crippen molar-refractivity contribution in [2.45, 2.75) is 25.0 Å². The number of carbonyl (C=O) groups excluding carboxylic acids is 1. The summed E-state index contributed by atoms with van der Waals surface area (Å²) in [6.07, 6.45) is 0.435. The quantitative estimate of drug-likeness (QED) is 0.516. The van der Waals surface area contributed by atoms with Crippen molar-refractivity contribution >= 4 is 5.91 Å². The zero-order valence-corrected chi connectivity index (χ0v) is 11.0. The summed E-state index contributed by atoms with van der Waals surface area (Å²) < 4.78 is 0. The van der Waals surface area contributed by atoms with Gasteiger partial charge in [0.25, 0.3) is 0 Å². The Kier molecular flexibility index (Phi) is 3.34. The highest BCUT2D eigenvalue weighted by Crippen LogP contribution is 2.39. The van der Waals surface area contributed by atoms with Gasteiger partial charge in [-0.2, -0.15) is 0 Å². The molecular weight excluding hydrogens is 256 g/mol. The van der Waals surface area contributed by atoms with E-state index >= 15 is 0 Å². The van der Waals surface area contributed by atoms with E-state index in [2.05, 4.69) is 10.0 Å². The highest BCUT2D eigenvalue weighted by Gasteiger charge is 2.41. The monoisotopic (exact) mass is 272 g/mol. The van der Waals surface area contributed by atoms with Crippen molar-refractivity contribution in [3.63, 3.8) is 0 Å². The van der Waals surface area contributed by atoms with Crippen LogP contribution in [0.3, 0.4) is 0 Å². The summed E-state index contributed by atoms with van der Waals surface area (Å²) in [6.45, 7) is 0.886. The third-order valence-electron chi connectivity index (χ3n) is 4.14. The van der Waals surface area contributed by atoms with Crippen LogP contribution in [0.4, 0.5) is 0 Å². The number of aliphatic hydroxyl groups excluding tert-OH is 1. The van der Waals surface area contributed by atoms with Crippen LogP contribution in [0.5, 0.6) is 0 Å². The van der Waals surface area contributed by atoms with Crippen LogP contribution in [0.2, 0.25) is 0 Å². The molecule has 1 unspecified atom stereocenters. The fraction of sp³-hybridized carbons (Fsp3) is 0.500. The fourth-order valence-electron chi connectivity index (χ4n) is 3.28. The van der Waals surface area contributed by atoms with Crippen LogP contribution in [0.1, 0.15) is 23.6 Å². The SMILES string of the molecule is [N-]=[N+]=NCC1CC(=O)N([C@@H]2c3ccccc3C[C@@H]2O)C1. The first-order valence-corrected chi connectivity index (χ1v) is 6.77. The lowest BCUT2D eigenvalue weighted by atomic mass is 10.1. The summed E-state index contributed by atoms with van der Waals surface area (Å²) in [7, 11) is 0. The Morgan fingerprint density at radius 3 is 3.00 bits per heavy atom. The third-order valence-corrected chi connectivity index (χ3v) is 4.14. The Balaban J connectivity index is 1.83. The summed E-state index contributed by atoms with van der Waals surface area (Å²) in [6, 6.07) is 7.60. The molecule has 1 fully saturated rings. The second kappa shape index (κ2) is 5.15. The lowest BCUT2D eigenvalue weighted by Gasteiger charge is -2.28. The molecule has 1 aliphatic heterocycles. The molecule has 6 heteroatoms. The van der Waals surface area contributed by atoms with E-state index in [9.17, 15) is 9.90 Å². The maximum Gasteiger partial charge on any atom is 0.223 e. The summed E-state index contributed by atoms with van der Waals surface area (Å²) >= 11 is 0. The van der Waals surface area contributed by atoms with E-state index < -0.39 is 6.10 Å². The van der Waals surface area contributed by atoms with E-state index in [1.54, 1.807) is 4.90 Å². The molecule has 3 atom stereocenters. The topological polar surface area (TPSA) is 89.3 Å². The van der Waals surface area contributed by atoms with Crippen molar-refractivity contribution in [2.75, 3.05) is 13.1 Å². The number of fused-ring (bicyclic) bond motifs is 1. The van der Waals surface area contributed by atoms with Gasteiger partial charge in [-0.05, 0) is 22.6 Å². The number of aliphatic hydroxyl groups is 1. The molecule has 1 aliphatic carbocycles. The zero-order chi connectivity index (χ0) is 14.1. The molecule has 0 aromatic heterocycles. The predicted octanol–water partition coefficient (Wildman–Crippen LogP) is 1.80. The average Bonchev–Trinajstić information content (AvgIpc) is 2.95. The Hall–Kier alpha value is -2.04. The van der Waals surface area contributed by atoms with E-state index in [-0.39, 0.29) is 17.9 Å². The summed E-state index contributed by atoms with van der Waals surface area (Å²) in [5.41, 5.74) is 10.5. The average molecular weight is 272 g/mol. The number of hydrogen-bond acceptors (Lipinski definition) is 3. The fourth-order valence-corrected chi connectivity index (χ4v) is 3.28. The van der Waals surface area contributed by atoms with Gasteiger partial charge in [-0.3, -0.25) is 4.79 Å². The Bertz CT molecular complexity index is 582. The van der Waals surface area contributed by atoms with Crippen LogP contribution in [0.15, 0.2) is 29.4 Å². The molecule has 2 aliphatic rings. The Labute approximate surface area is 116 Å². The second-order valence-corrected chi connectivity index (χ2v) is 5.44. The molecule has 6 nitrogen and oxygen atoms in total. The number of amides is 1. The highest BCUT2D eigenvalue weighted by atomic mass is 16.3. The number of hydrogen-bond donors (Lipinski definition) is 1. The number of benzene rings is 1. The lowest BCUT2D eigenvalue weighted by Crippen LogP contribution is -2.35. The van der Waals surface area contributed by atoms with Crippen LogP contribution < -0.4 is 0 Å². The minimum absolute atomic E-state index is 0.0314. The molecule has 0 radical (unpaired) electrons. The van der Waals surface area contributed by atoms with Gasteiger partial charge in [-0.1, -0.05) is 29.4 Å². The van der Waals surface area contributed by atoms with Gasteiger partial charge in [-0.25, -0.2) is 0 Å². The molecule has 0 bridgehead atoms. The van der Waals surface area contributed by atoms with Gasteiger partial charge < -0.3 is 10.0 Å². The first-order chi connectivity index (χ1) is 9.70. The molecule has 1 amide bonds. The van der Waals surface area contributed by atoms with Crippen molar-refractivity contribution in [3.05, 3.63) is 45.8 Å². The summed E-state index contributed by atoms with van der Waals surface area (Å²) in [5.74, 6) is 0.0854. The second-order valence-electron chi connectivity index (χ2n) is 5.44. The Morgan fingerprint density at radius 1 is 1.40 bits per heavy atom. The van der Waals surface area contributed by atoms with Crippen molar-refractivity contribution < 1.29 is 9.90 Å². The van der Waals surface area contributed by atoms with Crippen LogP contribution in [0, 0.1) is 5.92 Å². The van der Waals surface area contributed by atoms with Gasteiger partial charge in [0.15, 0.2) is 0 Å². The maximum absolute atomic E-state index is 12.2. The molecular formula is C14H16N4O2. The molecule has 1 saturated heterocycles. The van der Waals surface area contributed by atoms with Crippen LogP contribution in [-0.4, -0.2) is 35.1 Å². The molecule has 3 rings (SSSR count). The number of azide groups is 1. The molecule has 0 spiro atoms. The number of likely N-dealkylation sites (tertiary alicyclic amines) is 1. The normalized spacial score (nSPS) is 28.4. The predicted molar refractivity (Wildman–Crippen MR) is 72.7 cm³/mol. The van der Waals surface area contributed by atoms with E-state index in [0.29, 0.717) is 25.9 Å². The number of carbonyl (C=O) groups is 1. The first kappa shape index (κ1) is 13.0. The number of nitrogens with zero attached hydrogens (tertiary/aromatic N) is 4. The van der Waals surface area contributed by atoms with Gasteiger partial charge in [-0.15, -0.1) is 0 Å². The van der Waals surface area contributed by atoms with Crippen LogP contribution >= 0.6 is 0 Å². The Morgan fingerprint density at radius 2 is 2.20 bits per heavy atom. The standard InChI is InChI=1S/C14H16N4O2/c15-17-16-7-9-5-13(20)18(8-9)14-11-4-2-1-3-10(11)6-12(14)19/h1-4,9,12,14,19H,5-8H2/t9?,12-,14+/m0/s1. The van der Waals surface area contributed by atoms with E-state index in [4.69, 9.17) is 5.53 Å². The number of rotatable bonds is 3. The van der Waals surface area contributed by atoms with E-state index in [0.717, 1.165) is 11.1 Å². The molecule has 1 heterocycles. The maximum atomic E-state index is 12.2. The summed E-state index contributed by atoms with van der Waals surface area (Å²) in [5, 5.41) is 13.8. The van der Waals surface area contributed by atoms with E-state index in [1.807, 2.05) is 24.3 Å². The molecule has 1 aromatic carbocycles. The lowest BCUT2D eigenvalue weighted by molar-refractivity contribution is -0.131. The van der Waals surface area contributed by atoms with Crippen molar-refractivity contribution in [1.29, 1.82) is 0 Å². The first-order valence-electron chi connectivity index (χ1n) is 6.77. The molecule has 104 valence electrons. The van der Waals surface area contributed by atoms with Gasteiger partial charge in [0.05, 0.1) is 12.1 Å². The van der Waals surface area contributed by atoms with Gasteiger partial charge in [0, 0.05) is 30.8 Å². The van der Waals surface area contributed by atoms with Crippen molar-refractivity contribution in [2.24, 2.45) is 11.0 Å². The van der Waals surface area contributed by atoms with Crippen LogP contribution in [0.25, 0.3) is 10.4 Å². The molecule has 0 saturated carbocycles. The van der Waals surface area contributed by atoms with Gasteiger partial charge >= 0.3 is 0 Å². The highest BCUT2D eigenvalue weighted by molar-refractivity contribution is 5.79. The van der Waals surface area contributed by atoms with Gasteiger partial charge in [0.2, 0.25) is 5.91 Å². The summed E-state index contributed by atoms with van der Waals surface area (Å²) in [4.78, 5) is 16.7. The minimum atomic E-state index is -0.547. The van der Waals surface area contributed by atoms with Gasteiger partial charge in [0.1, 0.15) is 0 Å². The van der Waals surface area contributed by atoms with Crippen LogP contribution in [-0.2, 0) is 11.2 Å². The smallest absolute Gasteiger partial charge is 0.223 e. The molecule has 1 aromatic rings.